The van der Waals surface area contributed by atoms with E-state index in [4.69, 9.17) is 23.4 Å². The predicted molar refractivity (Wildman–Crippen MR) is 155 cm³/mol. The van der Waals surface area contributed by atoms with E-state index in [-0.39, 0.29) is 17.2 Å². The van der Waals surface area contributed by atoms with Gasteiger partial charge in [-0.15, -0.1) is 0 Å². The summed E-state index contributed by atoms with van der Waals surface area (Å²) in [7, 11) is 0.750. The monoisotopic (exact) mass is 534 g/mol. The zero-order valence-corrected chi connectivity index (χ0v) is 24.4. The minimum Gasteiger partial charge on any atom is -0.497 e. The minimum absolute atomic E-state index is 0.0509. The number of methoxy groups -OCH3 is 2. The molecule has 38 heavy (non-hydrogen) atoms. The Morgan fingerprint density at radius 2 is 1.37 bits per heavy atom. The van der Waals surface area contributed by atoms with E-state index >= 15 is 0 Å². The van der Waals surface area contributed by atoms with Gasteiger partial charge < -0.3 is 23.4 Å². The van der Waals surface area contributed by atoms with Crippen molar-refractivity contribution in [3.8, 4) is 5.75 Å². The van der Waals surface area contributed by atoms with Crippen molar-refractivity contribution < 1.29 is 23.4 Å². The molecule has 4 rings (SSSR count). The molecule has 3 aromatic carbocycles. The topological polar surface area (TPSA) is 46.2 Å². The zero-order valence-electron chi connectivity index (χ0n) is 23.4. The van der Waals surface area contributed by atoms with Crippen LogP contribution >= 0.6 is 0 Å². The van der Waals surface area contributed by atoms with E-state index in [0.29, 0.717) is 32.3 Å². The van der Waals surface area contributed by atoms with Gasteiger partial charge in [-0.05, 0) is 45.4 Å². The van der Waals surface area contributed by atoms with Crippen molar-refractivity contribution in [2.75, 3.05) is 40.8 Å². The molecule has 0 heterocycles. The van der Waals surface area contributed by atoms with E-state index < -0.39 is 8.32 Å². The number of hydrogen-bond acceptors (Lipinski definition) is 5. The van der Waals surface area contributed by atoms with Gasteiger partial charge in [0.1, 0.15) is 12.5 Å². The fourth-order valence-electron chi connectivity index (χ4n) is 5.47. The number of ether oxygens (including phenoxy) is 4. The highest BCUT2D eigenvalue weighted by atomic mass is 28.4. The molecule has 3 aromatic rings. The largest absolute Gasteiger partial charge is 0.497 e. The van der Waals surface area contributed by atoms with Crippen LogP contribution in [0.2, 0.25) is 5.04 Å². The maximum Gasteiger partial charge on any atom is 0.261 e. The molecule has 0 saturated heterocycles. The summed E-state index contributed by atoms with van der Waals surface area (Å²) in [6, 6.07) is 29.7. The van der Waals surface area contributed by atoms with E-state index in [1.165, 1.54) is 10.4 Å². The van der Waals surface area contributed by atoms with Gasteiger partial charge in [-0.1, -0.05) is 93.6 Å². The van der Waals surface area contributed by atoms with Crippen LogP contribution in [0.4, 0.5) is 0 Å². The summed E-state index contributed by atoms with van der Waals surface area (Å²) in [4.78, 5) is 0. The van der Waals surface area contributed by atoms with Crippen molar-refractivity contribution in [1.82, 2.24) is 0 Å². The van der Waals surface area contributed by atoms with Gasteiger partial charge in [-0.25, -0.2) is 0 Å². The third-order valence-corrected chi connectivity index (χ3v) is 12.7. The molecule has 5 nitrogen and oxygen atoms in total. The van der Waals surface area contributed by atoms with E-state index in [1.54, 1.807) is 14.2 Å². The molecule has 204 valence electrons. The zero-order chi connectivity index (χ0) is 27.1. The highest BCUT2D eigenvalue weighted by Gasteiger charge is 2.57. The molecule has 0 spiro atoms. The molecule has 1 saturated carbocycles. The van der Waals surface area contributed by atoms with Crippen molar-refractivity contribution in [3.63, 3.8) is 0 Å². The Morgan fingerprint density at radius 1 is 0.789 bits per heavy atom. The van der Waals surface area contributed by atoms with Crippen LogP contribution in [0.25, 0.3) is 0 Å². The van der Waals surface area contributed by atoms with Crippen molar-refractivity contribution in [3.05, 3.63) is 90.5 Å². The van der Waals surface area contributed by atoms with Crippen molar-refractivity contribution in [2.24, 2.45) is 11.3 Å². The normalized spacial score (nSPS) is 19.3. The van der Waals surface area contributed by atoms with E-state index in [9.17, 15) is 0 Å². The van der Waals surface area contributed by atoms with Crippen LogP contribution < -0.4 is 15.1 Å². The summed E-state index contributed by atoms with van der Waals surface area (Å²) >= 11 is 0. The highest BCUT2D eigenvalue weighted by molar-refractivity contribution is 6.99. The van der Waals surface area contributed by atoms with Gasteiger partial charge in [0.15, 0.2) is 0 Å². The minimum atomic E-state index is -2.58. The number of benzene rings is 3. The molecule has 0 N–H and O–H groups in total. The van der Waals surface area contributed by atoms with Gasteiger partial charge >= 0.3 is 0 Å². The summed E-state index contributed by atoms with van der Waals surface area (Å²) in [5.41, 5.74) is 1.05. The van der Waals surface area contributed by atoms with Gasteiger partial charge in [0.05, 0.1) is 26.9 Å². The smallest absolute Gasteiger partial charge is 0.261 e. The van der Waals surface area contributed by atoms with Crippen LogP contribution in [0, 0.1) is 11.3 Å². The Bertz CT molecular complexity index is 1070. The van der Waals surface area contributed by atoms with Gasteiger partial charge in [0, 0.05) is 19.1 Å². The predicted octanol–water partition coefficient (Wildman–Crippen LogP) is 5.42. The van der Waals surface area contributed by atoms with Gasteiger partial charge in [0.25, 0.3) is 8.32 Å². The molecular weight excluding hydrogens is 492 g/mol. The fourth-order valence-corrected chi connectivity index (χ4v) is 10.1. The Kier molecular flexibility index (Phi) is 9.44. The lowest BCUT2D eigenvalue weighted by molar-refractivity contribution is -0.0656. The Labute approximate surface area is 229 Å². The van der Waals surface area contributed by atoms with Gasteiger partial charge in [-0.2, -0.15) is 0 Å². The molecule has 0 radical (unpaired) electrons. The number of hydrogen-bond donors (Lipinski definition) is 0. The van der Waals surface area contributed by atoms with Crippen LogP contribution in [-0.4, -0.2) is 49.2 Å². The average molecular weight is 535 g/mol. The molecule has 6 heteroatoms. The molecule has 2 atom stereocenters. The highest BCUT2D eigenvalue weighted by Crippen LogP contribution is 2.54. The van der Waals surface area contributed by atoms with Gasteiger partial charge in [0.2, 0.25) is 0 Å². The third kappa shape index (κ3) is 6.38. The van der Waals surface area contributed by atoms with Crippen molar-refractivity contribution in [2.45, 2.75) is 38.8 Å². The van der Waals surface area contributed by atoms with Crippen LogP contribution in [-0.2, 0) is 25.2 Å². The summed E-state index contributed by atoms with van der Waals surface area (Å²) in [5.74, 6) is 1.21. The molecule has 0 aliphatic heterocycles. The molecule has 2 unspecified atom stereocenters. The first-order valence-electron chi connectivity index (χ1n) is 13.4. The maximum absolute atomic E-state index is 7.22. The Hall–Kier alpha value is -2.48. The third-order valence-electron chi connectivity index (χ3n) is 7.68. The fraction of sp³-hybridized carbons (Fsp3) is 0.438. The second-order valence-corrected chi connectivity index (χ2v) is 15.6. The molecular formula is C32H42O5Si. The first-order chi connectivity index (χ1) is 18.3. The molecule has 0 amide bonds. The van der Waals surface area contributed by atoms with Crippen LogP contribution in [0.5, 0.6) is 5.75 Å². The summed E-state index contributed by atoms with van der Waals surface area (Å²) in [6.07, 6.45) is 1.01. The van der Waals surface area contributed by atoms with Crippen molar-refractivity contribution >= 4 is 18.7 Å². The lowest BCUT2D eigenvalue weighted by atomic mass is 10.1. The summed E-state index contributed by atoms with van der Waals surface area (Å²) in [6.45, 7) is 9.68. The average Bonchev–Trinajstić information content (AvgIpc) is 3.62. The Balaban J connectivity index is 1.51. The molecule has 0 aromatic heterocycles. The molecule has 0 bridgehead atoms. The summed E-state index contributed by atoms with van der Waals surface area (Å²) < 4.78 is 29.8. The quantitative estimate of drug-likeness (QED) is 0.157. The van der Waals surface area contributed by atoms with Crippen LogP contribution in [0.15, 0.2) is 84.9 Å². The standard InChI is InChI=1S/C32H42O5Si/c1-31(2,3)38(29-12-8-6-9-13-29,30-14-10-7-11-15-30)37-22-27-20-32(27,24-36-25-33-4)23-35-21-26-16-18-28(34-5)19-17-26/h6-19,27H,20-25H2,1-5H3. The first-order valence-corrected chi connectivity index (χ1v) is 15.3. The second kappa shape index (κ2) is 12.6. The first kappa shape index (κ1) is 28.5. The van der Waals surface area contributed by atoms with E-state index in [1.807, 2.05) is 24.3 Å². The van der Waals surface area contributed by atoms with Crippen LogP contribution in [0.1, 0.15) is 32.8 Å². The molecule has 1 aliphatic rings. The van der Waals surface area contributed by atoms with Gasteiger partial charge in [-0.3, -0.25) is 0 Å². The lowest BCUT2D eigenvalue weighted by Crippen LogP contribution is -2.66. The Morgan fingerprint density at radius 3 is 1.89 bits per heavy atom. The molecule has 1 aliphatic carbocycles. The maximum atomic E-state index is 7.22. The lowest BCUT2D eigenvalue weighted by Gasteiger charge is -2.43. The van der Waals surface area contributed by atoms with E-state index in [2.05, 4.69) is 81.4 Å². The van der Waals surface area contributed by atoms with E-state index in [0.717, 1.165) is 17.7 Å². The second-order valence-electron chi connectivity index (χ2n) is 11.3. The van der Waals surface area contributed by atoms with Crippen molar-refractivity contribution in [1.29, 1.82) is 0 Å². The summed E-state index contributed by atoms with van der Waals surface area (Å²) in [5, 5.41) is 2.55. The van der Waals surface area contributed by atoms with Crippen LogP contribution in [0.3, 0.4) is 0 Å². The SMILES string of the molecule is COCOCC1(COCc2ccc(OC)cc2)CC1CO[Si](c1ccccc1)(c1ccccc1)C(C)(C)C. The molecule has 1 fully saturated rings. The number of rotatable bonds is 14.